The Labute approximate surface area is 118 Å². The van der Waals surface area contributed by atoms with Gasteiger partial charge in [-0.3, -0.25) is 0 Å². The van der Waals surface area contributed by atoms with E-state index in [4.69, 9.17) is 5.11 Å². The molecule has 0 saturated heterocycles. The quantitative estimate of drug-likeness (QED) is 0.812. The Balaban J connectivity index is 2.88. The van der Waals surface area contributed by atoms with Gasteiger partial charge in [0.15, 0.2) is 0 Å². The number of benzene rings is 1. The second-order valence-electron chi connectivity index (χ2n) is 4.58. The van der Waals surface area contributed by atoms with Gasteiger partial charge in [-0.15, -0.1) is 0 Å². The zero-order valence-electron chi connectivity index (χ0n) is 11.4. The smallest absolute Gasteiger partial charge is 0.0606 e. The summed E-state index contributed by atoms with van der Waals surface area (Å²) in [5, 5.41) is 12.5. The van der Waals surface area contributed by atoms with Gasteiger partial charge in [-0.05, 0) is 54.0 Å². The highest BCUT2D eigenvalue weighted by Gasteiger charge is 2.13. The molecule has 0 unspecified atom stereocenters. The number of hydrogen-bond acceptors (Lipinski definition) is 3. The van der Waals surface area contributed by atoms with E-state index in [1.54, 1.807) is 0 Å². The van der Waals surface area contributed by atoms with Gasteiger partial charge in [0.1, 0.15) is 0 Å². The Kier molecular flexibility index (Phi) is 6.68. The fraction of sp³-hybridized carbons (Fsp3) is 0.571. The predicted molar refractivity (Wildman–Crippen MR) is 81.1 cm³/mol. The van der Waals surface area contributed by atoms with Crippen LogP contribution in [0.4, 0.5) is 5.69 Å². The molecule has 4 heteroatoms. The molecule has 0 aliphatic rings. The zero-order valence-corrected chi connectivity index (χ0v) is 13.0. The van der Waals surface area contributed by atoms with E-state index in [9.17, 15) is 0 Å². The number of hydrogen-bond donors (Lipinski definition) is 2. The Morgan fingerprint density at radius 1 is 1.39 bits per heavy atom. The second kappa shape index (κ2) is 7.77. The maximum absolute atomic E-state index is 9.14. The molecule has 1 rings (SSSR count). The molecule has 1 aromatic rings. The van der Waals surface area contributed by atoms with E-state index < -0.39 is 0 Å². The van der Waals surface area contributed by atoms with Crippen LogP contribution in [0.5, 0.6) is 0 Å². The molecule has 0 heterocycles. The van der Waals surface area contributed by atoms with Gasteiger partial charge in [-0.2, -0.15) is 0 Å². The van der Waals surface area contributed by atoms with E-state index in [0.717, 1.165) is 23.2 Å². The van der Waals surface area contributed by atoms with Crippen LogP contribution in [0.25, 0.3) is 0 Å². The van der Waals surface area contributed by atoms with Gasteiger partial charge in [0.05, 0.1) is 12.3 Å². The molecule has 0 radical (unpaired) electrons. The molecule has 0 fully saturated rings. The monoisotopic (exact) mass is 314 g/mol. The van der Waals surface area contributed by atoms with E-state index in [1.165, 1.54) is 5.56 Å². The molecular formula is C14H23BrN2O. The minimum Gasteiger partial charge on any atom is -0.395 e. The van der Waals surface area contributed by atoms with Crippen LogP contribution in [-0.4, -0.2) is 30.8 Å². The lowest BCUT2D eigenvalue weighted by Gasteiger charge is -2.29. The first-order chi connectivity index (χ1) is 8.60. The summed E-state index contributed by atoms with van der Waals surface area (Å²) in [5.74, 6) is 0. The SMILES string of the molecule is CCNCc1ccc(N(CCO)C(C)C)c(Br)c1. The van der Waals surface area contributed by atoms with E-state index in [2.05, 4.69) is 65.1 Å². The average molecular weight is 315 g/mol. The van der Waals surface area contributed by atoms with E-state index >= 15 is 0 Å². The summed E-state index contributed by atoms with van der Waals surface area (Å²) in [4.78, 5) is 2.20. The highest BCUT2D eigenvalue weighted by atomic mass is 79.9. The molecule has 3 nitrogen and oxygen atoms in total. The van der Waals surface area contributed by atoms with Gasteiger partial charge in [0.2, 0.25) is 0 Å². The average Bonchev–Trinajstić information content (AvgIpc) is 2.34. The molecule has 0 amide bonds. The number of halogens is 1. The maximum atomic E-state index is 9.14. The molecule has 0 aromatic heterocycles. The number of nitrogens with zero attached hydrogens (tertiary/aromatic N) is 1. The van der Waals surface area contributed by atoms with E-state index in [-0.39, 0.29) is 6.61 Å². The molecule has 0 aliphatic carbocycles. The normalized spacial score (nSPS) is 11.0. The number of anilines is 1. The fourth-order valence-corrected chi connectivity index (χ4v) is 2.58. The third-order valence-electron chi connectivity index (χ3n) is 2.86. The van der Waals surface area contributed by atoms with Crippen molar-refractivity contribution < 1.29 is 5.11 Å². The van der Waals surface area contributed by atoms with Crippen LogP contribution in [0.2, 0.25) is 0 Å². The predicted octanol–water partition coefficient (Wildman–Crippen LogP) is 2.77. The van der Waals surface area contributed by atoms with Crippen LogP contribution in [0.15, 0.2) is 22.7 Å². The lowest BCUT2D eigenvalue weighted by molar-refractivity contribution is 0.299. The molecule has 102 valence electrons. The molecule has 0 bridgehead atoms. The van der Waals surface area contributed by atoms with E-state index in [0.29, 0.717) is 12.6 Å². The van der Waals surface area contributed by atoms with Gasteiger partial charge in [-0.1, -0.05) is 13.0 Å². The minimum atomic E-state index is 0.170. The molecule has 0 aliphatic heterocycles. The molecule has 18 heavy (non-hydrogen) atoms. The van der Waals surface area contributed by atoms with Crippen molar-refractivity contribution in [3.05, 3.63) is 28.2 Å². The first-order valence-electron chi connectivity index (χ1n) is 6.46. The van der Waals surface area contributed by atoms with Crippen LogP contribution in [0.3, 0.4) is 0 Å². The summed E-state index contributed by atoms with van der Waals surface area (Å²) < 4.78 is 1.08. The summed E-state index contributed by atoms with van der Waals surface area (Å²) in [5.41, 5.74) is 2.40. The third kappa shape index (κ3) is 4.26. The summed E-state index contributed by atoms with van der Waals surface area (Å²) in [6.45, 7) is 9.06. The highest BCUT2D eigenvalue weighted by Crippen LogP contribution is 2.28. The Morgan fingerprint density at radius 2 is 2.11 bits per heavy atom. The number of nitrogens with one attached hydrogen (secondary N) is 1. The first-order valence-corrected chi connectivity index (χ1v) is 7.26. The van der Waals surface area contributed by atoms with Crippen molar-refractivity contribution >= 4 is 21.6 Å². The Bertz CT molecular complexity index is 369. The first kappa shape index (κ1) is 15.5. The second-order valence-corrected chi connectivity index (χ2v) is 5.43. The summed E-state index contributed by atoms with van der Waals surface area (Å²) in [6, 6.07) is 6.76. The van der Waals surface area contributed by atoms with Crippen molar-refractivity contribution in [3.8, 4) is 0 Å². The minimum absolute atomic E-state index is 0.170. The van der Waals surface area contributed by atoms with Gasteiger partial charge in [0.25, 0.3) is 0 Å². The molecule has 2 N–H and O–H groups in total. The maximum Gasteiger partial charge on any atom is 0.0606 e. The molecule has 0 spiro atoms. The van der Waals surface area contributed by atoms with Gasteiger partial charge in [-0.25, -0.2) is 0 Å². The van der Waals surface area contributed by atoms with Crippen molar-refractivity contribution in [2.75, 3.05) is 24.6 Å². The van der Waals surface area contributed by atoms with Gasteiger partial charge >= 0.3 is 0 Å². The molecular weight excluding hydrogens is 292 g/mol. The van der Waals surface area contributed by atoms with Crippen LogP contribution in [0, 0.1) is 0 Å². The topological polar surface area (TPSA) is 35.5 Å². The number of aliphatic hydroxyl groups excluding tert-OH is 1. The summed E-state index contributed by atoms with van der Waals surface area (Å²) >= 11 is 3.63. The fourth-order valence-electron chi connectivity index (χ4n) is 1.93. The number of rotatable bonds is 7. The van der Waals surface area contributed by atoms with Crippen molar-refractivity contribution in [1.82, 2.24) is 5.32 Å². The molecule has 0 saturated carbocycles. The lowest BCUT2D eigenvalue weighted by atomic mass is 10.1. The van der Waals surface area contributed by atoms with Crippen molar-refractivity contribution in [1.29, 1.82) is 0 Å². The van der Waals surface area contributed by atoms with Gasteiger partial charge in [0, 0.05) is 23.6 Å². The van der Waals surface area contributed by atoms with Crippen LogP contribution in [-0.2, 0) is 6.54 Å². The van der Waals surface area contributed by atoms with Gasteiger partial charge < -0.3 is 15.3 Å². The Morgan fingerprint density at radius 3 is 2.61 bits per heavy atom. The lowest BCUT2D eigenvalue weighted by Crippen LogP contribution is -2.33. The van der Waals surface area contributed by atoms with Crippen LogP contribution in [0.1, 0.15) is 26.3 Å². The number of aliphatic hydroxyl groups is 1. The zero-order chi connectivity index (χ0) is 13.5. The summed E-state index contributed by atoms with van der Waals surface area (Å²) in [7, 11) is 0. The standard InChI is InChI=1S/C14H23BrN2O/c1-4-16-10-12-5-6-14(13(15)9-12)17(7-8-18)11(2)3/h5-6,9,11,16,18H,4,7-8,10H2,1-3H3. The highest BCUT2D eigenvalue weighted by molar-refractivity contribution is 9.10. The van der Waals surface area contributed by atoms with Crippen LogP contribution < -0.4 is 10.2 Å². The molecule has 0 atom stereocenters. The van der Waals surface area contributed by atoms with Crippen molar-refractivity contribution in [2.24, 2.45) is 0 Å². The van der Waals surface area contributed by atoms with Crippen molar-refractivity contribution in [2.45, 2.75) is 33.4 Å². The van der Waals surface area contributed by atoms with Crippen LogP contribution >= 0.6 is 15.9 Å². The third-order valence-corrected chi connectivity index (χ3v) is 3.50. The van der Waals surface area contributed by atoms with E-state index in [1.807, 2.05) is 0 Å². The summed E-state index contributed by atoms with van der Waals surface area (Å²) in [6.07, 6.45) is 0. The van der Waals surface area contributed by atoms with Crippen molar-refractivity contribution in [3.63, 3.8) is 0 Å². The largest absolute Gasteiger partial charge is 0.395 e. The Hall–Kier alpha value is -0.580. The molecule has 1 aromatic carbocycles.